The van der Waals surface area contributed by atoms with Crippen LogP contribution >= 0.6 is 0 Å². The lowest BCUT2D eigenvalue weighted by Crippen LogP contribution is -2.46. The Morgan fingerprint density at radius 1 is 1.00 bits per heavy atom. The maximum absolute atomic E-state index is 11.6. The van der Waals surface area contributed by atoms with E-state index in [0.29, 0.717) is 6.04 Å². The van der Waals surface area contributed by atoms with Gasteiger partial charge in [-0.3, -0.25) is 4.79 Å². The average Bonchev–Trinajstić information content (AvgIpc) is 2.73. The van der Waals surface area contributed by atoms with Crippen molar-refractivity contribution in [2.24, 2.45) is 5.73 Å². The van der Waals surface area contributed by atoms with Gasteiger partial charge in [0.15, 0.2) is 0 Å². The van der Waals surface area contributed by atoms with Crippen LogP contribution in [0, 0.1) is 0 Å². The van der Waals surface area contributed by atoms with Gasteiger partial charge in [0.1, 0.15) is 0 Å². The highest BCUT2D eigenvalue weighted by Crippen LogP contribution is 2.18. The first-order chi connectivity index (χ1) is 10.2. The molecule has 0 aliphatic heterocycles. The van der Waals surface area contributed by atoms with Crippen LogP contribution in [0.25, 0.3) is 0 Å². The second-order valence-electron chi connectivity index (χ2n) is 6.72. The van der Waals surface area contributed by atoms with Crippen molar-refractivity contribution in [1.29, 1.82) is 0 Å². The van der Waals surface area contributed by atoms with Crippen molar-refractivity contribution in [2.75, 3.05) is 0 Å². The van der Waals surface area contributed by atoms with Gasteiger partial charge in [-0.25, -0.2) is 0 Å². The molecule has 1 fully saturated rings. The molecule has 1 rings (SSSR count). The van der Waals surface area contributed by atoms with E-state index in [0.717, 1.165) is 12.8 Å². The Bertz CT molecular complexity index is 260. The third-order valence-corrected chi connectivity index (χ3v) is 4.73. The topological polar surface area (TPSA) is 55.1 Å². The van der Waals surface area contributed by atoms with Crippen molar-refractivity contribution >= 4 is 5.91 Å². The summed E-state index contributed by atoms with van der Waals surface area (Å²) in [4.78, 5) is 11.6. The number of primary amides is 1. The van der Waals surface area contributed by atoms with Crippen LogP contribution in [0.1, 0.15) is 96.8 Å². The van der Waals surface area contributed by atoms with Gasteiger partial charge in [0, 0.05) is 6.04 Å². The minimum absolute atomic E-state index is 0.108. The molecule has 1 amide bonds. The van der Waals surface area contributed by atoms with Crippen LogP contribution in [0.4, 0.5) is 0 Å². The molecule has 0 saturated heterocycles. The van der Waals surface area contributed by atoms with Gasteiger partial charge >= 0.3 is 0 Å². The number of unbranched alkanes of at least 4 members (excludes halogenated alkanes) is 6. The second-order valence-corrected chi connectivity index (χ2v) is 6.72. The number of rotatable bonds is 11. The molecular formula is C18H36N2O. The van der Waals surface area contributed by atoms with Crippen LogP contribution in [0.3, 0.4) is 0 Å². The number of hydrogen-bond donors (Lipinski definition) is 2. The summed E-state index contributed by atoms with van der Waals surface area (Å²) in [5, 5.41) is 3.53. The molecule has 1 atom stereocenters. The number of carbonyl (C=O) groups excluding carboxylic acids is 1. The molecule has 0 aromatic rings. The van der Waals surface area contributed by atoms with Gasteiger partial charge in [0.05, 0.1) is 6.04 Å². The van der Waals surface area contributed by atoms with Gasteiger partial charge in [-0.05, 0) is 19.3 Å². The second kappa shape index (κ2) is 12.0. The SMILES string of the molecule is CCCCCCCCCC(NC1CCCCCC1)C(N)=O. The van der Waals surface area contributed by atoms with Crippen molar-refractivity contribution in [3.8, 4) is 0 Å². The lowest BCUT2D eigenvalue weighted by molar-refractivity contribution is -0.120. The Balaban J connectivity index is 2.15. The molecule has 3 nitrogen and oxygen atoms in total. The minimum Gasteiger partial charge on any atom is -0.368 e. The highest BCUT2D eigenvalue weighted by molar-refractivity contribution is 5.79. The molecular weight excluding hydrogens is 260 g/mol. The third-order valence-electron chi connectivity index (χ3n) is 4.73. The molecule has 1 unspecified atom stereocenters. The van der Waals surface area contributed by atoms with Crippen LogP contribution in [0.5, 0.6) is 0 Å². The summed E-state index contributed by atoms with van der Waals surface area (Å²) in [7, 11) is 0. The molecule has 3 heteroatoms. The first kappa shape index (κ1) is 18.5. The van der Waals surface area contributed by atoms with Crippen LogP contribution in [-0.2, 0) is 4.79 Å². The first-order valence-electron chi connectivity index (χ1n) is 9.29. The largest absolute Gasteiger partial charge is 0.368 e. The summed E-state index contributed by atoms with van der Waals surface area (Å²) in [6, 6.07) is 0.401. The van der Waals surface area contributed by atoms with Crippen molar-refractivity contribution < 1.29 is 4.79 Å². The summed E-state index contributed by atoms with van der Waals surface area (Å²) in [6.45, 7) is 2.25. The number of carbonyl (C=O) groups is 1. The zero-order valence-electron chi connectivity index (χ0n) is 14.0. The van der Waals surface area contributed by atoms with Gasteiger partial charge in [-0.1, -0.05) is 77.6 Å². The summed E-state index contributed by atoms with van der Waals surface area (Å²) in [6.07, 6.45) is 17.6. The van der Waals surface area contributed by atoms with E-state index >= 15 is 0 Å². The minimum atomic E-state index is -0.162. The number of nitrogens with two attached hydrogens (primary N) is 1. The van der Waals surface area contributed by atoms with Gasteiger partial charge in [-0.15, -0.1) is 0 Å². The monoisotopic (exact) mass is 296 g/mol. The van der Waals surface area contributed by atoms with E-state index in [1.54, 1.807) is 0 Å². The highest BCUT2D eigenvalue weighted by Gasteiger charge is 2.20. The van der Waals surface area contributed by atoms with Crippen LogP contribution in [-0.4, -0.2) is 18.0 Å². The van der Waals surface area contributed by atoms with E-state index in [1.807, 2.05) is 0 Å². The first-order valence-corrected chi connectivity index (χ1v) is 9.29. The van der Waals surface area contributed by atoms with E-state index in [1.165, 1.54) is 77.0 Å². The van der Waals surface area contributed by atoms with Gasteiger partial charge < -0.3 is 11.1 Å². The van der Waals surface area contributed by atoms with Gasteiger partial charge in [0.2, 0.25) is 5.91 Å². The fourth-order valence-corrected chi connectivity index (χ4v) is 3.34. The molecule has 0 aromatic carbocycles. The summed E-state index contributed by atoms with van der Waals surface area (Å²) in [5.41, 5.74) is 5.57. The molecule has 0 heterocycles. The lowest BCUT2D eigenvalue weighted by atomic mass is 10.0. The lowest BCUT2D eigenvalue weighted by Gasteiger charge is -2.22. The predicted octanol–water partition coefficient (Wildman–Crippen LogP) is 4.29. The molecule has 0 bridgehead atoms. The number of nitrogens with one attached hydrogen (secondary N) is 1. The maximum atomic E-state index is 11.6. The molecule has 3 N–H and O–H groups in total. The number of amides is 1. The smallest absolute Gasteiger partial charge is 0.234 e. The molecule has 0 radical (unpaired) electrons. The summed E-state index contributed by atoms with van der Waals surface area (Å²) in [5.74, 6) is -0.162. The van der Waals surface area contributed by atoms with Crippen molar-refractivity contribution in [3.05, 3.63) is 0 Å². The zero-order valence-corrected chi connectivity index (χ0v) is 14.0. The maximum Gasteiger partial charge on any atom is 0.234 e. The summed E-state index contributed by atoms with van der Waals surface area (Å²) < 4.78 is 0. The summed E-state index contributed by atoms with van der Waals surface area (Å²) >= 11 is 0. The van der Waals surface area contributed by atoms with Crippen LogP contribution in [0.2, 0.25) is 0 Å². The molecule has 21 heavy (non-hydrogen) atoms. The van der Waals surface area contributed by atoms with Crippen molar-refractivity contribution in [3.63, 3.8) is 0 Å². The molecule has 0 spiro atoms. The Hall–Kier alpha value is -0.570. The molecule has 1 aliphatic rings. The van der Waals surface area contributed by atoms with E-state index in [2.05, 4.69) is 12.2 Å². The van der Waals surface area contributed by atoms with E-state index in [4.69, 9.17) is 5.73 Å². The Morgan fingerprint density at radius 2 is 1.57 bits per heavy atom. The van der Waals surface area contributed by atoms with Crippen LogP contribution < -0.4 is 11.1 Å². The fourth-order valence-electron chi connectivity index (χ4n) is 3.34. The predicted molar refractivity (Wildman–Crippen MR) is 90.2 cm³/mol. The molecule has 0 aromatic heterocycles. The highest BCUT2D eigenvalue weighted by atomic mass is 16.1. The molecule has 124 valence electrons. The van der Waals surface area contributed by atoms with E-state index in [-0.39, 0.29) is 11.9 Å². The van der Waals surface area contributed by atoms with E-state index in [9.17, 15) is 4.79 Å². The normalized spacial score (nSPS) is 18.3. The Kier molecular flexibility index (Phi) is 10.6. The zero-order chi connectivity index (χ0) is 15.3. The van der Waals surface area contributed by atoms with E-state index < -0.39 is 0 Å². The Morgan fingerprint density at radius 3 is 2.14 bits per heavy atom. The van der Waals surface area contributed by atoms with Crippen molar-refractivity contribution in [1.82, 2.24) is 5.32 Å². The Labute approximate surface area is 131 Å². The quantitative estimate of drug-likeness (QED) is 0.441. The van der Waals surface area contributed by atoms with Crippen molar-refractivity contribution in [2.45, 2.75) is 109 Å². The van der Waals surface area contributed by atoms with Crippen LogP contribution in [0.15, 0.2) is 0 Å². The fraction of sp³-hybridized carbons (Fsp3) is 0.944. The average molecular weight is 296 g/mol. The number of hydrogen-bond acceptors (Lipinski definition) is 2. The third kappa shape index (κ3) is 9.13. The standard InChI is InChI=1S/C18H36N2O/c1-2-3-4-5-6-7-12-15-17(18(19)21)20-16-13-10-8-9-11-14-16/h16-17,20H,2-15H2,1H3,(H2,19,21). The van der Waals surface area contributed by atoms with Gasteiger partial charge in [0.25, 0.3) is 0 Å². The molecule has 1 aliphatic carbocycles. The molecule has 1 saturated carbocycles. The van der Waals surface area contributed by atoms with Gasteiger partial charge in [-0.2, -0.15) is 0 Å².